The Labute approximate surface area is 114 Å². The first kappa shape index (κ1) is 15.7. The van der Waals surface area contributed by atoms with E-state index >= 15 is 0 Å². The summed E-state index contributed by atoms with van der Waals surface area (Å²) in [4.78, 5) is 37.0. The number of amides is 2. The summed E-state index contributed by atoms with van der Waals surface area (Å²) in [7, 11) is 0. The Kier molecular flexibility index (Phi) is 3.56. The molecule has 0 atom stereocenters. The van der Waals surface area contributed by atoms with Crippen LogP contribution >= 0.6 is 0 Å². The van der Waals surface area contributed by atoms with Gasteiger partial charge in [-0.2, -0.15) is 0 Å². The molecule has 0 unspecified atom stereocenters. The molecule has 1 aliphatic rings. The molecule has 0 aliphatic carbocycles. The van der Waals surface area contributed by atoms with Gasteiger partial charge in [-0.25, -0.2) is 0 Å². The predicted molar refractivity (Wildman–Crippen MR) is 70.4 cm³/mol. The quantitative estimate of drug-likeness (QED) is 0.796. The number of carbonyl (C=O) groups is 3. The van der Waals surface area contributed by atoms with E-state index in [0.29, 0.717) is 0 Å². The van der Waals surface area contributed by atoms with Crippen molar-refractivity contribution in [3.8, 4) is 0 Å². The number of likely N-dealkylation sites (tertiary alicyclic amines) is 1. The number of carbonyl (C=O) groups excluding carboxylic acids is 2. The first-order valence-electron chi connectivity index (χ1n) is 6.42. The molecule has 1 saturated heterocycles. The molecule has 1 fully saturated rings. The lowest BCUT2D eigenvalue weighted by Crippen LogP contribution is -2.63. The van der Waals surface area contributed by atoms with Crippen LogP contribution in [0.3, 0.4) is 0 Å². The Morgan fingerprint density at radius 1 is 1.11 bits per heavy atom. The fourth-order valence-corrected chi connectivity index (χ4v) is 2.34. The summed E-state index contributed by atoms with van der Waals surface area (Å²) in [6.07, 6.45) is 0.524. The maximum absolute atomic E-state index is 12.2. The van der Waals surface area contributed by atoms with Crippen LogP contribution in [-0.2, 0) is 14.4 Å². The highest BCUT2D eigenvalue weighted by atomic mass is 16.4. The van der Waals surface area contributed by atoms with Crippen molar-refractivity contribution in [1.82, 2.24) is 4.90 Å². The number of rotatable bonds is 3. The van der Waals surface area contributed by atoms with Gasteiger partial charge in [-0.15, -0.1) is 0 Å². The lowest BCUT2D eigenvalue weighted by atomic mass is 9.71. The molecule has 2 amide bonds. The molecule has 108 valence electrons. The monoisotopic (exact) mass is 269 g/mol. The number of carboxylic acids is 1. The van der Waals surface area contributed by atoms with Crippen molar-refractivity contribution < 1.29 is 19.5 Å². The lowest BCUT2D eigenvalue weighted by Gasteiger charge is -2.49. The molecular weight excluding hydrogens is 246 g/mol. The minimum atomic E-state index is -1.21. The number of imide groups is 1. The van der Waals surface area contributed by atoms with Crippen LogP contribution in [0.1, 0.15) is 54.4 Å². The molecule has 1 N–H and O–H groups in total. The van der Waals surface area contributed by atoms with Crippen molar-refractivity contribution in [2.75, 3.05) is 0 Å². The number of carboxylic acid groups (broad SMARTS) is 1. The van der Waals surface area contributed by atoms with Gasteiger partial charge in [0, 0.05) is 12.8 Å². The predicted octanol–water partition coefficient (Wildman–Crippen LogP) is 2.05. The molecule has 0 saturated carbocycles. The van der Waals surface area contributed by atoms with Gasteiger partial charge in [0.15, 0.2) is 0 Å². The second-order valence-electron chi connectivity index (χ2n) is 7.13. The highest BCUT2D eigenvalue weighted by molar-refractivity contribution is 6.00. The molecule has 0 aromatic heterocycles. The largest absolute Gasteiger partial charge is 0.481 e. The van der Waals surface area contributed by atoms with Crippen molar-refractivity contribution in [2.45, 2.75) is 59.9 Å². The first-order valence-corrected chi connectivity index (χ1v) is 6.42. The number of hydrogen-bond donors (Lipinski definition) is 1. The zero-order chi connectivity index (χ0) is 15.2. The van der Waals surface area contributed by atoms with E-state index in [1.54, 1.807) is 13.8 Å². The molecule has 0 spiro atoms. The van der Waals surface area contributed by atoms with Crippen molar-refractivity contribution in [2.24, 2.45) is 10.8 Å². The van der Waals surface area contributed by atoms with E-state index in [9.17, 15) is 19.5 Å². The van der Waals surface area contributed by atoms with Crippen molar-refractivity contribution in [3.05, 3.63) is 0 Å². The maximum atomic E-state index is 12.2. The summed E-state index contributed by atoms with van der Waals surface area (Å²) < 4.78 is 0. The third kappa shape index (κ3) is 2.51. The van der Waals surface area contributed by atoms with E-state index in [1.807, 2.05) is 13.8 Å². The van der Waals surface area contributed by atoms with Crippen LogP contribution in [-0.4, -0.2) is 33.3 Å². The Bertz CT molecular complexity index is 415. The number of nitrogens with zero attached hydrogens (tertiary/aromatic N) is 1. The van der Waals surface area contributed by atoms with Gasteiger partial charge < -0.3 is 5.11 Å². The van der Waals surface area contributed by atoms with Crippen LogP contribution in [0.25, 0.3) is 0 Å². The molecule has 5 heteroatoms. The third-order valence-electron chi connectivity index (χ3n) is 4.38. The first-order chi connectivity index (χ1) is 8.33. The smallest absolute Gasteiger partial charge is 0.311 e. The molecule has 0 aromatic rings. The lowest BCUT2D eigenvalue weighted by molar-refractivity contribution is -0.171. The summed E-state index contributed by atoms with van der Waals surface area (Å²) in [5.41, 5.74) is -2.63. The number of piperidine rings is 1. The average Bonchev–Trinajstić information content (AvgIpc) is 2.12. The highest BCUT2D eigenvalue weighted by Gasteiger charge is 2.53. The maximum Gasteiger partial charge on any atom is 0.311 e. The van der Waals surface area contributed by atoms with Crippen LogP contribution in [0.2, 0.25) is 0 Å². The van der Waals surface area contributed by atoms with Gasteiger partial charge in [-0.05, 0) is 33.1 Å². The minimum Gasteiger partial charge on any atom is -0.481 e. The Morgan fingerprint density at radius 3 is 1.79 bits per heavy atom. The van der Waals surface area contributed by atoms with Gasteiger partial charge in [-0.3, -0.25) is 19.3 Å². The van der Waals surface area contributed by atoms with Gasteiger partial charge in [-0.1, -0.05) is 13.8 Å². The molecule has 1 heterocycles. The van der Waals surface area contributed by atoms with E-state index in [0.717, 1.165) is 4.90 Å². The Balaban J connectivity index is 3.19. The highest BCUT2D eigenvalue weighted by Crippen LogP contribution is 2.41. The fraction of sp³-hybridized carbons (Fsp3) is 0.786. The summed E-state index contributed by atoms with van der Waals surface area (Å²) >= 11 is 0. The van der Waals surface area contributed by atoms with E-state index in [4.69, 9.17) is 0 Å². The molecule has 1 rings (SSSR count). The number of hydrogen-bond acceptors (Lipinski definition) is 3. The Morgan fingerprint density at radius 2 is 1.47 bits per heavy atom. The molecule has 5 nitrogen and oxygen atoms in total. The summed E-state index contributed by atoms with van der Waals surface area (Å²) in [5.74, 6) is -1.61. The van der Waals surface area contributed by atoms with Crippen molar-refractivity contribution >= 4 is 17.8 Å². The molecule has 0 radical (unpaired) electrons. The van der Waals surface area contributed by atoms with Gasteiger partial charge in [0.25, 0.3) is 0 Å². The van der Waals surface area contributed by atoms with Gasteiger partial charge >= 0.3 is 5.97 Å². The molecule has 0 bridgehead atoms. The van der Waals surface area contributed by atoms with Gasteiger partial charge in [0.1, 0.15) is 0 Å². The zero-order valence-corrected chi connectivity index (χ0v) is 12.5. The minimum absolute atomic E-state index is 0.262. The van der Waals surface area contributed by atoms with Crippen LogP contribution in [0.4, 0.5) is 0 Å². The molecule has 1 aliphatic heterocycles. The van der Waals surface area contributed by atoms with Gasteiger partial charge in [0.05, 0.1) is 11.0 Å². The fourth-order valence-electron chi connectivity index (χ4n) is 2.34. The van der Waals surface area contributed by atoms with Crippen LogP contribution in [0.5, 0.6) is 0 Å². The standard InChI is InChI=1S/C14H23NO4/c1-12(2)7-9(16)15(10(17)8-12)14(5,6)13(3,4)11(18)19/h7-8H2,1-6H3,(H,18,19). The summed E-state index contributed by atoms with van der Waals surface area (Å²) in [6, 6.07) is 0. The topological polar surface area (TPSA) is 74.7 Å². The number of aliphatic carboxylic acids is 1. The van der Waals surface area contributed by atoms with E-state index in [2.05, 4.69) is 0 Å². The zero-order valence-electron chi connectivity index (χ0n) is 12.5. The van der Waals surface area contributed by atoms with Crippen LogP contribution < -0.4 is 0 Å². The SMILES string of the molecule is CC1(C)CC(=O)N(C(C)(C)C(C)(C)C(=O)O)C(=O)C1. The van der Waals surface area contributed by atoms with Crippen molar-refractivity contribution in [3.63, 3.8) is 0 Å². The Hall–Kier alpha value is -1.39. The van der Waals surface area contributed by atoms with Crippen LogP contribution in [0, 0.1) is 10.8 Å². The van der Waals surface area contributed by atoms with Crippen LogP contribution in [0.15, 0.2) is 0 Å². The average molecular weight is 269 g/mol. The third-order valence-corrected chi connectivity index (χ3v) is 4.38. The van der Waals surface area contributed by atoms with E-state index < -0.39 is 16.9 Å². The van der Waals surface area contributed by atoms with Gasteiger partial charge in [0.2, 0.25) is 11.8 Å². The second kappa shape index (κ2) is 4.32. The molecule has 19 heavy (non-hydrogen) atoms. The van der Waals surface area contributed by atoms with Crippen molar-refractivity contribution in [1.29, 1.82) is 0 Å². The van der Waals surface area contributed by atoms with E-state index in [1.165, 1.54) is 13.8 Å². The molecular formula is C14H23NO4. The second-order valence-corrected chi connectivity index (χ2v) is 7.13. The summed E-state index contributed by atoms with van der Waals surface area (Å²) in [6.45, 7) is 10.1. The summed E-state index contributed by atoms with van der Waals surface area (Å²) in [5, 5.41) is 9.33. The molecule has 0 aromatic carbocycles. The van der Waals surface area contributed by atoms with E-state index in [-0.39, 0.29) is 30.1 Å². The normalized spacial score (nSPS) is 20.6.